The van der Waals surface area contributed by atoms with Crippen molar-refractivity contribution in [3.63, 3.8) is 0 Å². The quantitative estimate of drug-likeness (QED) is 0.620. The lowest BCUT2D eigenvalue weighted by atomic mass is 10.2. The molecule has 0 bridgehead atoms. The van der Waals surface area contributed by atoms with Crippen LogP contribution < -0.4 is 5.73 Å². The molecule has 0 aliphatic rings. The lowest BCUT2D eigenvalue weighted by molar-refractivity contribution is 0.502. The van der Waals surface area contributed by atoms with Crippen molar-refractivity contribution in [2.75, 3.05) is 6.54 Å². The molecule has 80 valence electrons. The van der Waals surface area contributed by atoms with Gasteiger partial charge in [0.05, 0.1) is 0 Å². The molecule has 0 aliphatic carbocycles. The van der Waals surface area contributed by atoms with Gasteiger partial charge in [-0.25, -0.2) is 8.42 Å². The van der Waals surface area contributed by atoms with Crippen molar-refractivity contribution in [3.8, 4) is 0 Å². The summed E-state index contributed by atoms with van der Waals surface area (Å²) in [5.74, 6) is -0.662. The van der Waals surface area contributed by atoms with Crippen molar-refractivity contribution in [2.24, 2.45) is 11.7 Å². The number of nitrogens with two attached hydrogens (primary N) is 1. The van der Waals surface area contributed by atoms with Crippen molar-refractivity contribution in [1.82, 2.24) is 0 Å². The molecule has 0 rings (SSSR count). The van der Waals surface area contributed by atoms with Gasteiger partial charge in [-0.15, -0.1) is 0 Å². The van der Waals surface area contributed by atoms with E-state index in [2.05, 4.69) is 22.4 Å². The molecule has 5 nitrogen and oxygen atoms in total. The number of hydrogen-bond acceptors (Lipinski definition) is 5. The second-order valence-corrected chi connectivity index (χ2v) is 8.85. The molecule has 0 radical (unpaired) electrons. The van der Waals surface area contributed by atoms with E-state index in [0.29, 0.717) is 0 Å². The Hall–Kier alpha value is 0.620. The van der Waals surface area contributed by atoms with Crippen LogP contribution in [-0.4, -0.2) is 28.7 Å². The number of rotatable bonds is 4. The Bertz CT molecular complexity index is 326. The zero-order valence-corrected chi connectivity index (χ0v) is 10.0. The highest BCUT2D eigenvalue weighted by molar-refractivity contribution is 8.41. The fourth-order valence-corrected chi connectivity index (χ4v) is 6.98. The van der Waals surface area contributed by atoms with Gasteiger partial charge in [0.1, 0.15) is 0 Å². The molecule has 13 heavy (non-hydrogen) atoms. The molecule has 0 aromatic heterocycles. The third-order valence-electron chi connectivity index (χ3n) is 1.42. The monoisotopic (exact) mass is 265 g/mol. The third kappa shape index (κ3) is 4.11. The highest BCUT2D eigenvalue weighted by Crippen LogP contribution is 2.17. The Morgan fingerprint density at radius 1 is 1.31 bits per heavy atom. The molecule has 0 heterocycles. The summed E-state index contributed by atoms with van der Waals surface area (Å²) >= 11 is 8.44. The first kappa shape index (κ1) is 13.6. The Labute approximate surface area is 87.1 Å². The molecular formula is C4H11NO4S4. The first-order valence-corrected chi connectivity index (χ1v) is 8.24. The highest BCUT2D eigenvalue weighted by Gasteiger charge is 2.34. The first-order valence-electron chi connectivity index (χ1n) is 3.23. The average molecular weight is 265 g/mol. The molecule has 0 aromatic rings. The summed E-state index contributed by atoms with van der Waals surface area (Å²) in [7, 11) is -7.62. The number of hydrogen-bond donors (Lipinski definition) is 3. The van der Waals surface area contributed by atoms with E-state index in [0.717, 1.165) is 0 Å². The van der Waals surface area contributed by atoms with Crippen LogP contribution in [0.1, 0.15) is 6.92 Å². The third-order valence-corrected chi connectivity index (χ3v) is 7.07. The van der Waals surface area contributed by atoms with Gasteiger partial charge in [0, 0.05) is 22.4 Å². The van der Waals surface area contributed by atoms with Gasteiger partial charge in [0.2, 0.25) is 0 Å². The summed E-state index contributed by atoms with van der Waals surface area (Å²) in [6, 6.07) is 0. The molecule has 0 saturated heterocycles. The van der Waals surface area contributed by atoms with Crippen LogP contribution in [0, 0.1) is 5.92 Å². The first-order chi connectivity index (χ1) is 5.60. The Kier molecular flexibility index (Phi) is 4.64. The zero-order valence-electron chi connectivity index (χ0n) is 6.78. The summed E-state index contributed by atoms with van der Waals surface area (Å²) in [5.41, 5.74) is 5.20. The molecule has 3 atom stereocenters. The summed E-state index contributed by atoms with van der Waals surface area (Å²) in [4.78, 5) is 0. The molecule has 0 aromatic carbocycles. The van der Waals surface area contributed by atoms with Crippen molar-refractivity contribution >= 4 is 39.9 Å². The SMILES string of the molecule is CC(CN)C(S(=O)(O)=S)S(=O)(O)=S. The van der Waals surface area contributed by atoms with Gasteiger partial charge < -0.3 is 14.8 Å². The van der Waals surface area contributed by atoms with Crippen LogP contribution in [0.5, 0.6) is 0 Å². The van der Waals surface area contributed by atoms with Crippen molar-refractivity contribution in [1.29, 1.82) is 0 Å². The maximum absolute atomic E-state index is 11.0. The molecule has 0 amide bonds. The van der Waals surface area contributed by atoms with Crippen molar-refractivity contribution < 1.29 is 17.5 Å². The van der Waals surface area contributed by atoms with Crippen LogP contribution in [-0.2, 0) is 39.9 Å². The van der Waals surface area contributed by atoms with Crippen LogP contribution >= 0.6 is 0 Å². The summed E-state index contributed by atoms with van der Waals surface area (Å²) in [6.07, 6.45) is 0. The molecule has 0 saturated carbocycles. The predicted molar refractivity (Wildman–Crippen MR) is 58.3 cm³/mol. The van der Waals surface area contributed by atoms with E-state index in [1.807, 2.05) is 0 Å². The second kappa shape index (κ2) is 4.43. The standard InChI is InChI=1S/C4H11NO4S4/c1-3(2-5)4(12(6,7)10)13(8,9)11/h3-4H,2,5H2,1H3,(H,6,7,10)(H,8,9,11). The van der Waals surface area contributed by atoms with E-state index in [1.165, 1.54) is 6.92 Å². The van der Waals surface area contributed by atoms with Crippen molar-refractivity contribution in [3.05, 3.63) is 0 Å². The van der Waals surface area contributed by atoms with Crippen LogP contribution in [0.2, 0.25) is 0 Å². The highest BCUT2D eigenvalue weighted by atomic mass is 32.9. The van der Waals surface area contributed by atoms with Gasteiger partial charge >= 0.3 is 0 Å². The molecule has 0 spiro atoms. The molecule has 0 fully saturated rings. The van der Waals surface area contributed by atoms with Gasteiger partial charge in [-0.05, 0) is 12.5 Å². The molecule has 0 aliphatic heterocycles. The minimum absolute atomic E-state index is 0.0208. The predicted octanol–water partition coefficient (Wildman–Crippen LogP) is -0.654. The average Bonchev–Trinajstić information content (AvgIpc) is 1.80. The minimum Gasteiger partial charge on any atom is -0.330 e. The van der Waals surface area contributed by atoms with E-state index in [-0.39, 0.29) is 6.54 Å². The van der Waals surface area contributed by atoms with Crippen LogP contribution in [0.25, 0.3) is 0 Å². The summed E-state index contributed by atoms with van der Waals surface area (Å²) < 4.78 is 38.5. The van der Waals surface area contributed by atoms with Crippen LogP contribution in [0.15, 0.2) is 0 Å². The van der Waals surface area contributed by atoms with E-state index in [4.69, 9.17) is 14.8 Å². The second-order valence-electron chi connectivity index (χ2n) is 2.61. The maximum Gasteiger partial charge on any atom is 0.166 e. The minimum atomic E-state index is -3.81. The Morgan fingerprint density at radius 3 is 1.69 bits per heavy atom. The van der Waals surface area contributed by atoms with E-state index in [9.17, 15) is 8.42 Å². The summed E-state index contributed by atoms with van der Waals surface area (Å²) in [6.45, 7) is 1.43. The lowest BCUT2D eigenvalue weighted by Gasteiger charge is -2.20. The summed E-state index contributed by atoms with van der Waals surface area (Å²) in [5, 5.41) is 0. The zero-order chi connectivity index (χ0) is 10.9. The van der Waals surface area contributed by atoms with E-state index in [1.54, 1.807) is 0 Å². The smallest absolute Gasteiger partial charge is 0.166 e. The fraction of sp³-hybridized carbons (Fsp3) is 1.00. The molecule has 9 heteroatoms. The Morgan fingerprint density at radius 2 is 1.62 bits per heavy atom. The van der Waals surface area contributed by atoms with E-state index < -0.39 is 28.0 Å². The lowest BCUT2D eigenvalue weighted by Crippen LogP contribution is -2.37. The molecule has 3 unspecified atom stereocenters. The van der Waals surface area contributed by atoms with Gasteiger partial charge in [-0.1, -0.05) is 6.92 Å². The van der Waals surface area contributed by atoms with Gasteiger partial charge in [0.15, 0.2) is 22.1 Å². The normalized spacial score (nSPS) is 25.5. The fourth-order valence-electron chi connectivity index (χ4n) is 0.852. The maximum atomic E-state index is 11.0. The van der Waals surface area contributed by atoms with Gasteiger partial charge in [-0.3, -0.25) is 0 Å². The molecule has 4 N–H and O–H groups in total. The van der Waals surface area contributed by atoms with Gasteiger partial charge in [0.25, 0.3) is 0 Å². The van der Waals surface area contributed by atoms with E-state index >= 15 is 0 Å². The largest absolute Gasteiger partial charge is 0.330 e. The van der Waals surface area contributed by atoms with Crippen LogP contribution in [0.4, 0.5) is 0 Å². The molecular weight excluding hydrogens is 254 g/mol. The van der Waals surface area contributed by atoms with Crippen molar-refractivity contribution in [2.45, 2.75) is 11.5 Å². The van der Waals surface area contributed by atoms with Gasteiger partial charge in [-0.2, -0.15) is 0 Å². The Balaban J connectivity index is 5.27. The topological polar surface area (TPSA) is 101 Å². The van der Waals surface area contributed by atoms with Crippen LogP contribution in [0.3, 0.4) is 0 Å².